The summed E-state index contributed by atoms with van der Waals surface area (Å²) in [4.78, 5) is 3.81. The smallest absolute Gasteiger partial charge is 0.0884 e. The molecule has 0 saturated heterocycles. The molecule has 0 aromatic carbocycles. The molecule has 0 aliphatic carbocycles. The number of aromatic nitrogens is 1. The normalized spacial score (nSPS) is 14.0. The van der Waals surface area contributed by atoms with E-state index in [2.05, 4.69) is 20.9 Å². The average Bonchev–Trinajstić information content (AvgIpc) is 2.11. The Labute approximate surface area is 72.6 Å². The van der Waals surface area contributed by atoms with E-state index < -0.39 is 0 Å². The van der Waals surface area contributed by atoms with Gasteiger partial charge in [-0.05, 0) is 28.0 Å². The van der Waals surface area contributed by atoms with Crippen molar-refractivity contribution in [3.05, 3.63) is 28.4 Å². The first-order valence-corrected chi connectivity index (χ1v) is 3.48. The second kappa shape index (κ2) is 3.68. The zero-order chi connectivity index (χ0) is 10.0. The number of halogens is 1. The molecule has 0 bridgehead atoms. The second-order valence-corrected chi connectivity index (χ2v) is 2.46. The van der Waals surface area contributed by atoms with Crippen molar-refractivity contribution in [1.29, 1.82) is 0 Å². The van der Waals surface area contributed by atoms with Crippen molar-refractivity contribution in [3.63, 3.8) is 0 Å². The van der Waals surface area contributed by atoms with Crippen molar-refractivity contribution in [2.75, 3.05) is 7.11 Å². The van der Waals surface area contributed by atoms with Gasteiger partial charge in [-0.25, -0.2) is 0 Å². The fourth-order valence-corrected chi connectivity index (χ4v) is 0.692. The second-order valence-electron chi connectivity index (χ2n) is 1.67. The predicted octanol–water partition coefficient (Wildman–Crippen LogP) is 1.99. The Balaban J connectivity index is 3.24. The molecule has 2 nitrogen and oxygen atoms in total. The van der Waals surface area contributed by atoms with Crippen molar-refractivity contribution < 1.29 is 8.85 Å². The highest BCUT2D eigenvalue weighted by Gasteiger charge is 1.90. The molecule has 0 N–H and O–H groups in total. The molecule has 0 spiro atoms. The first-order valence-electron chi connectivity index (χ1n) is 4.19. The summed E-state index contributed by atoms with van der Waals surface area (Å²) in [7, 11) is 1.48. The molecule has 0 unspecified atom stereocenters. The van der Waals surface area contributed by atoms with Gasteiger partial charge in [0, 0.05) is 17.8 Å². The zero-order valence-corrected chi connectivity index (χ0v) is 7.03. The summed E-state index contributed by atoms with van der Waals surface area (Å²) >= 11 is 3.02. The quantitative estimate of drug-likeness (QED) is 0.736. The molecular formula is C7H8BrNO. The molecule has 0 aliphatic heterocycles. The average molecular weight is 205 g/mol. The molecular weight excluding hydrogens is 194 g/mol. The van der Waals surface area contributed by atoms with Crippen LogP contribution in [0.2, 0.25) is 0 Å². The lowest BCUT2D eigenvalue weighted by molar-refractivity contribution is 0.181. The maximum Gasteiger partial charge on any atom is 0.0884 e. The Morgan fingerprint density at radius 1 is 1.80 bits per heavy atom. The van der Waals surface area contributed by atoms with E-state index in [0.717, 1.165) is 0 Å². The van der Waals surface area contributed by atoms with Gasteiger partial charge in [0.15, 0.2) is 0 Å². The summed E-state index contributed by atoms with van der Waals surface area (Å²) < 4.78 is 27.3. The van der Waals surface area contributed by atoms with Gasteiger partial charge in [-0.1, -0.05) is 0 Å². The van der Waals surface area contributed by atoms with Gasteiger partial charge in [0.25, 0.3) is 0 Å². The Bertz CT molecular complexity index is 332. The highest BCUT2D eigenvalue weighted by atomic mass is 79.9. The van der Waals surface area contributed by atoms with E-state index in [0.29, 0.717) is 5.69 Å². The molecule has 1 aromatic rings. The zero-order valence-electron chi connectivity index (χ0n) is 8.44. The van der Waals surface area contributed by atoms with Gasteiger partial charge in [0.1, 0.15) is 0 Å². The molecule has 0 aliphatic rings. The molecule has 3 heteroatoms. The Morgan fingerprint density at radius 3 is 3.30 bits per heavy atom. The minimum Gasteiger partial charge on any atom is -0.378 e. The van der Waals surface area contributed by atoms with E-state index in [4.69, 9.17) is 8.85 Å². The van der Waals surface area contributed by atoms with Gasteiger partial charge in [-0.3, -0.25) is 4.98 Å². The van der Waals surface area contributed by atoms with E-state index in [1.165, 1.54) is 7.11 Å². The van der Waals surface area contributed by atoms with Gasteiger partial charge in [-0.15, -0.1) is 0 Å². The molecule has 0 atom stereocenters. The summed E-state index contributed by atoms with van der Waals surface area (Å²) in [5, 5.41) is 0. The Hall–Kier alpha value is -0.410. The molecule has 0 fully saturated rings. The van der Waals surface area contributed by atoms with Crippen LogP contribution < -0.4 is 0 Å². The highest BCUT2D eigenvalue weighted by molar-refractivity contribution is 9.10. The molecule has 0 radical (unpaired) electrons. The lowest BCUT2D eigenvalue weighted by atomic mass is 10.4. The number of methoxy groups -OCH3 is 1. The van der Waals surface area contributed by atoms with Crippen molar-refractivity contribution in [2.45, 2.75) is 6.61 Å². The number of nitrogens with zero attached hydrogens (tertiary/aromatic N) is 1. The van der Waals surface area contributed by atoms with Crippen LogP contribution in [0.5, 0.6) is 0 Å². The van der Waals surface area contributed by atoms with Gasteiger partial charge in [0.05, 0.1) is 16.4 Å². The first kappa shape index (κ1) is 4.46. The number of rotatable bonds is 2. The SMILES string of the molecule is [2H]c1nc(COC)c([2H])c([2H])c1Br. The molecule has 10 heavy (non-hydrogen) atoms. The summed E-state index contributed by atoms with van der Waals surface area (Å²) in [6, 6.07) is -0.0169. The number of hydrogen-bond acceptors (Lipinski definition) is 2. The third-order valence-corrected chi connectivity index (χ3v) is 1.26. The molecule has 1 rings (SSSR count). The van der Waals surface area contributed by atoms with Crippen LogP contribution >= 0.6 is 15.9 Å². The lowest BCUT2D eigenvalue weighted by Crippen LogP contribution is -1.89. The molecule has 0 saturated carbocycles. The molecule has 1 aromatic heterocycles. The van der Waals surface area contributed by atoms with Crippen molar-refractivity contribution >= 4 is 15.9 Å². The van der Waals surface area contributed by atoms with Crippen LogP contribution in [0.15, 0.2) is 22.7 Å². The van der Waals surface area contributed by atoms with Crippen LogP contribution in [0.1, 0.15) is 9.81 Å². The van der Waals surface area contributed by atoms with Gasteiger partial charge in [-0.2, -0.15) is 0 Å². The van der Waals surface area contributed by atoms with E-state index >= 15 is 0 Å². The maximum absolute atomic E-state index is 7.49. The monoisotopic (exact) mass is 204 g/mol. The Morgan fingerprint density at radius 2 is 2.60 bits per heavy atom. The van der Waals surface area contributed by atoms with Crippen LogP contribution in [0.3, 0.4) is 0 Å². The van der Waals surface area contributed by atoms with E-state index in [1.54, 1.807) is 0 Å². The maximum atomic E-state index is 7.49. The summed E-state index contributed by atoms with van der Waals surface area (Å²) in [6.07, 6.45) is -0.0342. The fourth-order valence-electron chi connectivity index (χ4n) is 0.505. The van der Waals surface area contributed by atoms with Crippen LogP contribution in [-0.4, -0.2) is 12.1 Å². The van der Waals surface area contributed by atoms with Crippen LogP contribution in [0.4, 0.5) is 0 Å². The summed E-state index contributed by atoms with van der Waals surface area (Å²) in [5.74, 6) is 0. The molecule has 54 valence electrons. The standard InChI is InChI=1S/C7H8BrNO/c1-10-5-7-3-2-6(8)4-9-7/h2-4H,5H2,1H3/i2D,3D,4D. The van der Waals surface area contributed by atoms with Crippen LogP contribution in [0.25, 0.3) is 0 Å². The topological polar surface area (TPSA) is 22.1 Å². The van der Waals surface area contributed by atoms with Crippen LogP contribution in [-0.2, 0) is 11.3 Å². The number of hydrogen-bond donors (Lipinski definition) is 0. The first-order chi connectivity index (χ1) is 6.07. The van der Waals surface area contributed by atoms with Crippen molar-refractivity contribution in [3.8, 4) is 0 Å². The number of pyridine rings is 1. The van der Waals surface area contributed by atoms with E-state index in [9.17, 15) is 0 Å². The molecule has 0 amide bonds. The van der Waals surface area contributed by atoms with Crippen LogP contribution in [0, 0.1) is 0 Å². The number of ether oxygens (including phenoxy) is 1. The molecule has 1 heterocycles. The van der Waals surface area contributed by atoms with Crippen molar-refractivity contribution in [2.24, 2.45) is 0 Å². The third-order valence-electron chi connectivity index (χ3n) is 0.887. The predicted molar refractivity (Wildman–Crippen MR) is 42.7 cm³/mol. The van der Waals surface area contributed by atoms with Gasteiger partial charge >= 0.3 is 0 Å². The third kappa shape index (κ3) is 2.08. The fraction of sp³-hybridized carbons (Fsp3) is 0.286. The largest absolute Gasteiger partial charge is 0.378 e. The van der Waals surface area contributed by atoms with Gasteiger partial charge < -0.3 is 4.74 Å². The van der Waals surface area contributed by atoms with Crippen molar-refractivity contribution in [1.82, 2.24) is 4.98 Å². The summed E-state index contributed by atoms with van der Waals surface area (Å²) in [5.41, 5.74) is 0.320. The minimum absolute atomic E-state index is 0.00438. The van der Waals surface area contributed by atoms with E-state index in [-0.39, 0.29) is 29.3 Å². The Kier molecular flexibility index (Phi) is 1.64. The minimum atomic E-state index is -0.0342. The lowest BCUT2D eigenvalue weighted by Gasteiger charge is -1.96. The summed E-state index contributed by atoms with van der Waals surface area (Å²) in [6.45, 7) is 0.157. The van der Waals surface area contributed by atoms with Gasteiger partial charge in [0.2, 0.25) is 0 Å². The van der Waals surface area contributed by atoms with E-state index in [1.807, 2.05) is 0 Å². The highest BCUT2D eigenvalue weighted by Crippen LogP contribution is 2.07.